The number of alkyl halides is 1. The highest BCUT2D eigenvalue weighted by atomic mass is 79.9. The van der Waals surface area contributed by atoms with Gasteiger partial charge in [0.1, 0.15) is 11.6 Å². The summed E-state index contributed by atoms with van der Waals surface area (Å²) in [5, 5.41) is 26.5. The number of hydrogen-bond donors (Lipinski definition) is 3. The summed E-state index contributed by atoms with van der Waals surface area (Å²) in [4.78, 5) is 44.4. The third-order valence-electron chi connectivity index (χ3n) is 3.90. The molecule has 0 aromatic carbocycles. The van der Waals surface area contributed by atoms with Crippen molar-refractivity contribution in [1.29, 1.82) is 0 Å². The number of carbonyl (C=O) groups is 4. The third kappa shape index (κ3) is 6.08. The molecule has 0 aromatic heterocycles. The van der Waals surface area contributed by atoms with Gasteiger partial charge in [0, 0.05) is 25.2 Å². The van der Waals surface area contributed by atoms with Crippen molar-refractivity contribution in [2.24, 2.45) is 17.8 Å². The van der Waals surface area contributed by atoms with Crippen molar-refractivity contribution in [2.45, 2.75) is 37.3 Å². The van der Waals surface area contributed by atoms with Gasteiger partial charge in [0.2, 0.25) is 0 Å². The summed E-state index contributed by atoms with van der Waals surface area (Å²) in [6.45, 7) is 0.952. The van der Waals surface area contributed by atoms with Gasteiger partial charge in [-0.1, -0.05) is 15.9 Å². The summed E-state index contributed by atoms with van der Waals surface area (Å²) in [6, 6.07) is 0. The highest BCUT2D eigenvalue weighted by Crippen LogP contribution is 2.43. The maximum atomic E-state index is 11.2. The van der Waals surface area contributed by atoms with E-state index in [4.69, 9.17) is 24.8 Å². The quantitative estimate of drug-likeness (QED) is 0.392. The number of ether oxygens (including phenoxy) is 2. The summed E-state index contributed by atoms with van der Waals surface area (Å²) in [5.41, 5.74) is 0. The van der Waals surface area contributed by atoms with Gasteiger partial charge in [0.25, 0.3) is 0 Å². The van der Waals surface area contributed by atoms with Crippen molar-refractivity contribution in [3.8, 4) is 0 Å². The number of carbonyl (C=O) groups excluding carboxylic acids is 1. The second kappa shape index (κ2) is 8.97. The van der Waals surface area contributed by atoms with Crippen LogP contribution >= 0.6 is 15.9 Å². The summed E-state index contributed by atoms with van der Waals surface area (Å²) in [5.74, 6) is -6.34. The number of esters is 1. The molecule has 0 radical (unpaired) electrons. The molecule has 1 aliphatic rings. The molecular formula is C14H19BrO9. The summed E-state index contributed by atoms with van der Waals surface area (Å²) < 4.78 is 10.5. The first-order chi connectivity index (χ1) is 11.1. The van der Waals surface area contributed by atoms with E-state index >= 15 is 0 Å². The first-order valence-electron chi connectivity index (χ1n) is 7.20. The fourth-order valence-corrected chi connectivity index (χ4v) is 3.81. The molecular weight excluding hydrogens is 392 g/mol. The Morgan fingerprint density at radius 3 is 1.83 bits per heavy atom. The highest BCUT2D eigenvalue weighted by molar-refractivity contribution is 9.09. The molecule has 1 saturated heterocycles. The lowest BCUT2D eigenvalue weighted by Crippen LogP contribution is -2.49. The Kier molecular flexibility index (Phi) is 7.61. The monoisotopic (exact) mass is 410 g/mol. The molecule has 5 unspecified atom stereocenters. The largest absolute Gasteiger partial charge is 0.481 e. The van der Waals surface area contributed by atoms with Gasteiger partial charge in [0.05, 0.1) is 18.9 Å². The molecule has 0 saturated carbocycles. The molecule has 136 valence electrons. The Morgan fingerprint density at radius 1 is 0.917 bits per heavy atom. The second-order valence-electron chi connectivity index (χ2n) is 5.61. The van der Waals surface area contributed by atoms with E-state index in [1.807, 2.05) is 0 Å². The Labute approximate surface area is 146 Å². The molecule has 1 fully saturated rings. The van der Waals surface area contributed by atoms with Gasteiger partial charge in [-0.2, -0.15) is 0 Å². The van der Waals surface area contributed by atoms with Crippen molar-refractivity contribution in [3.05, 3.63) is 0 Å². The Balaban J connectivity index is 3.11. The minimum atomic E-state index is -1.17. The maximum Gasteiger partial charge on any atom is 0.303 e. The average molecular weight is 411 g/mol. The topological polar surface area (TPSA) is 147 Å². The molecule has 1 rings (SSSR count). The zero-order valence-electron chi connectivity index (χ0n) is 12.9. The molecule has 0 bridgehead atoms. The molecule has 0 spiro atoms. The van der Waals surface area contributed by atoms with Gasteiger partial charge >= 0.3 is 23.9 Å². The number of halogens is 1. The van der Waals surface area contributed by atoms with Crippen molar-refractivity contribution >= 4 is 39.8 Å². The number of hydrogen-bond acceptors (Lipinski definition) is 6. The normalized spacial score (nSPS) is 29.7. The molecule has 1 aliphatic heterocycles. The van der Waals surface area contributed by atoms with Gasteiger partial charge in [0.15, 0.2) is 0 Å². The Hall–Kier alpha value is -1.68. The summed E-state index contributed by atoms with van der Waals surface area (Å²) >= 11 is 3.19. The van der Waals surface area contributed by atoms with Gasteiger partial charge in [-0.05, 0) is 5.92 Å². The van der Waals surface area contributed by atoms with Crippen LogP contribution in [0.15, 0.2) is 0 Å². The minimum Gasteiger partial charge on any atom is -0.481 e. The van der Waals surface area contributed by atoms with Gasteiger partial charge in [-0.25, -0.2) is 0 Å². The molecule has 5 atom stereocenters. The van der Waals surface area contributed by atoms with Gasteiger partial charge in [-0.15, -0.1) is 0 Å². The fraction of sp³-hybridized carbons (Fsp3) is 0.714. The zero-order valence-corrected chi connectivity index (χ0v) is 14.5. The van der Waals surface area contributed by atoms with Crippen LogP contribution in [0.1, 0.15) is 26.2 Å². The average Bonchev–Trinajstić information content (AvgIpc) is 2.42. The van der Waals surface area contributed by atoms with Crippen molar-refractivity contribution in [1.82, 2.24) is 0 Å². The van der Waals surface area contributed by atoms with Crippen LogP contribution in [0.25, 0.3) is 0 Å². The van der Waals surface area contributed by atoms with E-state index in [9.17, 15) is 19.2 Å². The zero-order chi connectivity index (χ0) is 18.4. The third-order valence-corrected chi connectivity index (χ3v) is 4.80. The van der Waals surface area contributed by atoms with E-state index in [1.54, 1.807) is 0 Å². The van der Waals surface area contributed by atoms with Crippen LogP contribution < -0.4 is 0 Å². The van der Waals surface area contributed by atoms with E-state index in [1.165, 1.54) is 6.92 Å². The molecule has 0 aliphatic carbocycles. The number of carboxylic acids is 3. The number of carboxylic acid groups (broad SMARTS) is 3. The van der Waals surface area contributed by atoms with Crippen LogP contribution in [0.5, 0.6) is 0 Å². The standard InChI is InChI=1S/C14H19BrO9/c1-6(16)23-5-10-8(3-12(19)20)7(2-11(17)18)9(4-13(21)22)14(15)24-10/h7-10,14H,2-5H2,1H3,(H,17,18)(H,19,20)(H,21,22). The molecule has 9 nitrogen and oxygen atoms in total. The van der Waals surface area contributed by atoms with Crippen molar-refractivity contribution in [2.75, 3.05) is 6.61 Å². The van der Waals surface area contributed by atoms with E-state index in [0.29, 0.717) is 0 Å². The van der Waals surface area contributed by atoms with E-state index in [2.05, 4.69) is 15.9 Å². The first-order valence-corrected chi connectivity index (χ1v) is 8.11. The summed E-state index contributed by atoms with van der Waals surface area (Å²) in [6.07, 6.45) is -2.04. The smallest absolute Gasteiger partial charge is 0.303 e. The fourth-order valence-electron chi connectivity index (χ4n) is 2.95. The minimum absolute atomic E-state index is 0.231. The molecule has 10 heteroatoms. The van der Waals surface area contributed by atoms with E-state index < -0.39 is 65.6 Å². The first kappa shape index (κ1) is 20.4. The van der Waals surface area contributed by atoms with Crippen LogP contribution in [-0.4, -0.2) is 56.9 Å². The highest BCUT2D eigenvalue weighted by Gasteiger charge is 2.47. The summed E-state index contributed by atoms with van der Waals surface area (Å²) in [7, 11) is 0. The lowest BCUT2D eigenvalue weighted by Gasteiger charge is -2.44. The van der Waals surface area contributed by atoms with Crippen LogP contribution in [0.3, 0.4) is 0 Å². The van der Waals surface area contributed by atoms with Crippen LogP contribution in [-0.2, 0) is 28.7 Å². The number of rotatable bonds is 8. The number of aliphatic carboxylic acids is 3. The SMILES string of the molecule is CC(=O)OCC1OC(Br)C(CC(=O)O)C(CC(=O)O)C1CC(=O)O. The predicted octanol–water partition coefficient (Wildman–Crippen LogP) is 0.942. The maximum absolute atomic E-state index is 11.2. The molecule has 0 amide bonds. The Morgan fingerprint density at radius 2 is 1.38 bits per heavy atom. The molecule has 1 heterocycles. The predicted molar refractivity (Wildman–Crippen MR) is 81.4 cm³/mol. The lowest BCUT2D eigenvalue weighted by atomic mass is 9.72. The van der Waals surface area contributed by atoms with Crippen molar-refractivity contribution in [3.63, 3.8) is 0 Å². The van der Waals surface area contributed by atoms with Gasteiger partial charge in [-0.3, -0.25) is 19.2 Å². The molecule has 3 N–H and O–H groups in total. The second-order valence-corrected chi connectivity index (χ2v) is 6.52. The lowest BCUT2D eigenvalue weighted by molar-refractivity contribution is -0.171. The van der Waals surface area contributed by atoms with Gasteiger partial charge < -0.3 is 24.8 Å². The van der Waals surface area contributed by atoms with E-state index in [0.717, 1.165) is 0 Å². The molecule has 24 heavy (non-hydrogen) atoms. The Bertz CT molecular complexity index is 506. The molecule has 0 aromatic rings. The van der Waals surface area contributed by atoms with Crippen LogP contribution in [0.4, 0.5) is 0 Å². The van der Waals surface area contributed by atoms with Crippen LogP contribution in [0.2, 0.25) is 0 Å². The van der Waals surface area contributed by atoms with E-state index in [-0.39, 0.29) is 13.0 Å². The van der Waals surface area contributed by atoms with Crippen molar-refractivity contribution < 1.29 is 44.0 Å². The van der Waals surface area contributed by atoms with Crippen LogP contribution in [0, 0.1) is 17.8 Å².